The van der Waals surface area contributed by atoms with Gasteiger partial charge in [-0.3, -0.25) is 9.78 Å². The molecule has 33 heavy (non-hydrogen) atoms. The highest BCUT2D eigenvalue weighted by Gasteiger charge is 2.19. The number of carbonyl (C=O) groups excluding carboxylic acids is 1. The maximum absolute atomic E-state index is 11.5. The summed E-state index contributed by atoms with van der Waals surface area (Å²) in [5.74, 6) is 1.03. The van der Waals surface area contributed by atoms with Crippen LogP contribution in [0, 0.1) is 0 Å². The van der Waals surface area contributed by atoms with Crippen LogP contribution < -0.4 is 16.4 Å². The zero-order valence-electron chi connectivity index (χ0n) is 17.9. The van der Waals surface area contributed by atoms with Crippen LogP contribution in [0.1, 0.15) is 36.0 Å². The van der Waals surface area contributed by atoms with E-state index in [0.29, 0.717) is 17.4 Å². The minimum absolute atomic E-state index is 0.174. The van der Waals surface area contributed by atoms with Gasteiger partial charge >= 0.3 is 0 Å². The van der Waals surface area contributed by atoms with Crippen LogP contribution in [0.3, 0.4) is 0 Å². The highest BCUT2D eigenvalue weighted by molar-refractivity contribution is 7.22. The van der Waals surface area contributed by atoms with Gasteiger partial charge in [-0.05, 0) is 61.6 Å². The summed E-state index contributed by atoms with van der Waals surface area (Å²) >= 11 is 1.53. The molecule has 0 radical (unpaired) electrons. The van der Waals surface area contributed by atoms with Gasteiger partial charge in [-0.15, -0.1) is 0 Å². The first-order valence-corrected chi connectivity index (χ1v) is 11.7. The summed E-state index contributed by atoms with van der Waals surface area (Å²) in [6, 6.07) is 13.8. The quantitative estimate of drug-likeness (QED) is 0.338. The minimum Gasteiger partial charge on any atom is -0.393 e. The molecule has 0 atom stereocenters. The molecule has 3 aromatic heterocycles. The fraction of sp³-hybridized carbons (Fsp3) is 0.250. The van der Waals surface area contributed by atoms with E-state index in [1.807, 2.05) is 36.4 Å². The fourth-order valence-electron chi connectivity index (χ4n) is 4.01. The average molecular weight is 461 g/mol. The topological polar surface area (TPSA) is 126 Å². The van der Waals surface area contributed by atoms with Crippen LogP contribution in [0.15, 0.2) is 54.9 Å². The van der Waals surface area contributed by atoms with Gasteiger partial charge in [0.25, 0.3) is 0 Å². The monoisotopic (exact) mass is 460 g/mol. The molecule has 1 amide bonds. The number of aliphatic hydroxyl groups is 1. The maximum Gasteiger partial charge on any atom is 0.250 e. The summed E-state index contributed by atoms with van der Waals surface area (Å²) in [5.41, 5.74) is 8.40. The molecule has 1 aromatic carbocycles. The number of rotatable bonds is 6. The summed E-state index contributed by atoms with van der Waals surface area (Å²) in [4.78, 5) is 24.9. The van der Waals surface area contributed by atoms with Crippen molar-refractivity contribution in [3.8, 4) is 11.1 Å². The van der Waals surface area contributed by atoms with Crippen molar-refractivity contribution in [1.82, 2.24) is 15.0 Å². The number of primary amides is 1. The number of anilines is 3. The molecule has 5 N–H and O–H groups in total. The lowest BCUT2D eigenvalue weighted by atomic mass is 9.93. The van der Waals surface area contributed by atoms with Crippen molar-refractivity contribution in [2.24, 2.45) is 5.73 Å². The zero-order valence-corrected chi connectivity index (χ0v) is 18.7. The van der Waals surface area contributed by atoms with Crippen LogP contribution >= 0.6 is 11.3 Å². The third-order valence-corrected chi connectivity index (χ3v) is 6.71. The van der Waals surface area contributed by atoms with Crippen molar-refractivity contribution in [3.63, 3.8) is 0 Å². The number of aromatic nitrogens is 3. The van der Waals surface area contributed by atoms with Crippen LogP contribution in [0.2, 0.25) is 0 Å². The average Bonchev–Trinajstić information content (AvgIpc) is 3.22. The predicted molar refractivity (Wildman–Crippen MR) is 131 cm³/mol. The molecule has 5 rings (SSSR count). The van der Waals surface area contributed by atoms with Gasteiger partial charge < -0.3 is 21.5 Å². The van der Waals surface area contributed by atoms with Gasteiger partial charge in [-0.2, -0.15) is 0 Å². The molecule has 0 unspecified atom stereocenters. The molecule has 3 heterocycles. The molecule has 1 aliphatic carbocycles. The number of hydrogen-bond donors (Lipinski definition) is 4. The van der Waals surface area contributed by atoms with Gasteiger partial charge in [0.1, 0.15) is 11.6 Å². The SMILES string of the molecule is NC(=O)c1cncc(-c2ccc3nc(Nc4cccc(NC5CCC(O)CC5)n4)sc3c2)c1. The Morgan fingerprint density at radius 3 is 2.64 bits per heavy atom. The molecule has 9 heteroatoms. The lowest BCUT2D eigenvalue weighted by molar-refractivity contribution is 0.1000. The normalized spacial score (nSPS) is 18.2. The Bertz CT molecular complexity index is 1300. The molecule has 8 nitrogen and oxygen atoms in total. The molecule has 0 aliphatic heterocycles. The molecule has 1 saturated carbocycles. The van der Waals surface area contributed by atoms with Gasteiger partial charge in [-0.25, -0.2) is 9.97 Å². The molecular weight excluding hydrogens is 436 g/mol. The highest BCUT2D eigenvalue weighted by atomic mass is 32.1. The fourth-order valence-corrected chi connectivity index (χ4v) is 4.93. The summed E-state index contributed by atoms with van der Waals surface area (Å²) < 4.78 is 1.01. The zero-order chi connectivity index (χ0) is 22.8. The van der Waals surface area contributed by atoms with Crippen molar-refractivity contribution in [2.45, 2.75) is 37.8 Å². The predicted octanol–water partition coefficient (Wildman–Crippen LogP) is 4.31. The number of amides is 1. The van der Waals surface area contributed by atoms with Gasteiger partial charge in [0, 0.05) is 24.0 Å². The lowest BCUT2D eigenvalue weighted by Crippen LogP contribution is -2.28. The van der Waals surface area contributed by atoms with Crippen LogP contribution in [0.5, 0.6) is 0 Å². The Balaban J connectivity index is 1.33. The number of nitrogens with two attached hydrogens (primary N) is 1. The Kier molecular flexibility index (Phi) is 5.89. The molecular formula is C24H24N6O2S. The summed E-state index contributed by atoms with van der Waals surface area (Å²) in [6.45, 7) is 0. The number of fused-ring (bicyclic) bond motifs is 1. The number of benzene rings is 1. The summed E-state index contributed by atoms with van der Waals surface area (Å²) in [6.07, 6.45) is 6.54. The van der Waals surface area contributed by atoms with E-state index in [1.54, 1.807) is 12.3 Å². The summed E-state index contributed by atoms with van der Waals surface area (Å²) in [5, 5.41) is 17.2. The van der Waals surface area contributed by atoms with Crippen LogP contribution in [-0.2, 0) is 0 Å². The van der Waals surface area contributed by atoms with Gasteiger partial charge in [0.2, 0.25) is 5.91 Å². The van der Waals surface area contributed by atoms with E-state index >= 15 is 0 Å². The number of carbonyl (C=O) groups is 1. The van der Waals surface area contributed by atoms with Crippen LogP contribution in [-0.4, -0.2) is 38.1 Å². The molecule has 0 spiro atoms. The van der Waals surface area contributed by atoms with E-state index in [0.717, 1.165) is 58.0 Å². The molecule has 0 saturated heterocycles. The summed E-state index contributed by atoms with van der Waals surface area (Å²) in [7, 11) is 0. The Morgan fingerprint density at radius 2 is 1.82 bits per heavy atom. The van der Waals surface area contributed by atoms with E-state index in [2.05, 4.69) is 25.6 Å². The van der Waals surface area contributed by atoms with Crippen molar-refractivity contribution >= 4 is 44.2 Å². The molecule has 0 bridgehead atoms. The maximum atomic E-state index is 11.5. The molecule has 1 fully saturated rings. The van der Waals surface area contributed by atoms with Crippen molar-refractivity contribution in [2.75, 3.05) is 10.6 Å². The first kappa shape index (κ1) is 21.3. The number of hydrogen-bond acceptors (Lipinski definition) is 8. The Morgan fingerprint density at radius 1 is 1.00 bits per heavy atom. The highest BCUT2D eigenvalue weighted by Crippen LogP contribution is 2.32. The first-order valence-electron chi connectivity index (χ1n) is 10.9. The van der Waals surface area contributed by atoms with Gasteiger partial charge in [-0.1, -0.05) is 23.5 Å². The first-order chi connectivity index (χ1) is 16.0. The van der Waals surface area contributed by atoms with E-state index in [4.69, 9.17) is 5.73 Å². The molecule has 168 valence electrons. The van der Waals surface area contributed by atoms with E-state index in [9.17, 15) is 9.90 Å². The largest absolute Gasteiger partial charge is 0.393 e. The van der Waals surface area contributed by atoms with E-state index in [-0.39, 0.29) is 6.10 Å². The van der Waals surface area contributed by atoms with Crippen LogP contribution in [0.25, 0.3) is 21.3 Å². The van der Waals surface area contributed by atoms with Crippen LogP contribution in [0.4, 0.5) is 16.8 Å². The van der Waals surface area contributed by atoms with Gasteiger partial charge in [0.05, 0.1) is 21.9 Å². The van der Waals surface area contributed by atoms with Gasteiger partial charge in [0.15, 0.2) is 5.13 Å². The lowest BCUT2D eigenvalue weighted by Gasteiger charge is -2.26. The number of nitrogens with zero attached hydrogens (tertiary/aromatic N) is 3. The second-order valence-electron chi connectivity index (χ2n) is 8.21. The number of thiazole rings is 1. The number of pyridine rings is 2. The van der Waals surface area contributed by atoms with Crippen molar-refractivity contribution in [3.05, 3.63) is 60.4 Å². The minimum atomic E-state index is -0.500. The third-order valence-electron chi connectivity index (χ3n) is 5.78. The van der Waals surface area contributed by atoms with Crippen molar-refractivity contribution < 1.29 is 9.90 Å². The Hall–Kier alpha value is -3.56. The second kappa shape index (κ2) is 9.13. The van der Waals surface area contributed by atoms with E-state index in [1.165, 1.54) is 17.5 Å². The van der Waals surface area contributed by atoms with Crippen molar-refractivity contribution in [1.29, 1.82) is 0 Å². The molecule has 1 aliphatic rings. The number of nitrogens with one attached hydrogen (secondary N) is 2. The second-order valence-corrected chi connectivity index (χ2v) is 9.24. The smallest absolute Gasteiger partial charge is 0.250 e. The van der Waals surface area contributed by atoms with E-state index < -0.39 is 5.91 Å². The standard InChI is InChI=1S/C24H24N6O2S/c25-23(32)16-10-15(12-26-13-16)14-4-9-19-20(11-14)33-24(28-19)30-22-3-1-2-21(29-22)27-17-5-7-18(31)8-6-17/h1-4,9-13,17-18,31H,5-8H2,(H2,25,32)(H2,27,28,29,30). The number of aliphatic hydroxyl groups excluding tert-OH is 1. The third kappa shape index (κ3) is 4.94. The molecule has 4 aromatic rings. The Labute approximate surface area is 194 Å².